The van der Waals surface area contributed by atoms with E-state index in [9.17, 15) is 0 Å². The van der Waals surface area contributed by atoms with E-state index in [-0.39, 0.29) is 0 Å². The molecule has 112 valence electrons. The van der Waals surface area contributed by atoms with Gasteiger partial charge in [-0.2, -0.15) is 0 Å². The molecular weight excluding hydrogens is 276 g/mol. The highest BCUT2D eigenvalue weighted by atomic mass is 14.2. The molecule has 0 bridgehead atoms. The maximum atomic E-state index is 2.40. The van der Waals surface area contributed by atoms with Gasteiger partial charge in [-0.3, -0.25) is 0 Å². The monoisotopic (exact) mass is 296 g/mol. The van der Waals surface area contributed by atoms with Gasteiger partial charge in [0.05, 0.1) is 0 Å². The van der Waals surface area contributed by atoms with Gasteiger partial charge in [-0.25, -0.2) is 0 Å². The first-order chi connectivity index (χ1) is 11.4. The van der Waals surface area contributed by atoms with Gasteiger partial charge in [0.25, 0.3) is 0 Å². The van der Waals surface area contributed by atoms with Crippen molar-refractivity contribution >= 4 is 6.08 Å². The zero-order valence-corrected chi connectivity index (χ0v) is 13.4. The quantitative estimate of drug-likeness (QED) is 0.526. The Morgan fingerprint density at radius 3 is 2.17 bits per heavy atom. The highest BCUT2D eigenvalue weighted by Crippen LogP contribution is 2.39. The highest BCUT2D eigenvalue weighted by Gasteiger charge is 2.17. The van der Waals surface area contributed by atoms with Crippen molar-refractivity contribution in [1.82, 2.24) is 0 Å². The average Bonchev–Trinajstić information content (AvgIpc) is 3.06. The van der Waals surface area contributed by atoms with Crippen LogP contribution in [-0.2, 0) is 6.42 Å². The van der Waals surface area contributed by atoms with Crippen LogP contribution in [0.3, 0.4) is 0 Å². The summed E-state index contributed by atoms with van der Waals surface area (Å²) in [5.41, 5.74) is 9.66. The van der Waals surface area contributed by atoms with Crippen LogP contribution in [0.5, 0.6) is 0 Å². The molecule has 0 atom stereocenters. The van der Waals surface area contributed by atoms with Gasteiger partial charge in [0.1, 0.15) is 0 Å². The molecular formula is C23H20. The molecule has 0 unspecified atom stereocenters. The molecule has 0 amide bonds. The number of fused-ring (bicyclic) bond motifs is 1. The van der Waals surface area contributed by atoms with Crippen molar-refractivity contribution in [2.75, 3.05) is 0 Å². The SMILES string of the molecule is CCC1=Cc2c(cccc2-c2ccccc2-c2ccccc2)C1. The summed E-state index contributed by atoms with van der Waals surface area (Å²) in [7, 11) is 0. The zero-order chi connectivity index (χ0) is 15.6. The minimum absolute atomic E-state index is 1.10. The topological polar surface area (TPSA) is 0 Å². The Bertz CT molecular complexity index is 870. The van der Waals surface area contributed by atoms with E-state index in [1.165, 1.54) is 39.0 Å². The van der Waals surface area contributed by atoms with E-state index in [4.69, 9.17) is 0 Å². The summed E-state index contributed by atoms with van der Waals surface area (Å²) in [5, 5.41) is 0. The lowest BCUT2D eigenvalue weighted by atomic mass is 9.91. The molecule has 0 aromatic heterocycles. The van der Waals surface area contributed by atoms with Crippen LogP contribution in [0, 0.1) is 0 Å². The fourth-order valence-corrected chi connectivity index (χ4v) is 3.49. The smallest absolute Gasteiger partial charge is 0.00577 e. The van der Waals surface area contributed by atoms with Crippen molar-refractivity contribution in [1.29, 1.82) is 0 Å². The number of hydrogen-bond acceptors (Lipinski definition) is 0. The lowest BCUT2D eigenvalue weighted by molar-refractivity contribution is 1.04. The Morgan fingerprint density at radius 1 is 0.696 bits per heavy atom. The van der Waals surface area contributed by atoms with Gasteiger partial charge < -0.3 is 0 Å². The average molecular weight is 296 g/mol. The second-order valence-electron chi connectivity index (χ2n) is 6.12. The Balaban J connectivity index is 1.92. The third kappa shape index (κ3) is 2.51. The summed E-state index contributed by atoms with van der Waals surface area (Å²) >= 11 is 0. The predicted molar refractivity (Wildman–Crippen MR) is 99.3 cm³/mol. The van der Waals surface area contributed by atoms with Crippen molar-refractivity contribution < 1.29 is 0 Å². The fraction of sp³-hybridized carbons (Fsp3) is 0.130. The molecule has 0 saturated carbocycles. The Kier molecular flexibility index (Phi) is 3.59. The number of benzene rings is 3. The van der Waals surface area contributed by atoms with Crippen molar-refractivity contribution in [2.24, 2.45) is 0 Å². The predicted octanol–water partition coefficient (Wildman–Crippen LogP) is 6.37. The Morgan fingerprint density at radius 2 is 1.39 bits per heavy atom. The molecule has 0 heteroatoms. The third-order valence-electron chi connectivity index (χ3n) is 4.72. The molecule has 3 aromatic carbocycles. The molecule has 3 aromatic rings. The second-order valence-corrected chi connectivity index (χ2v) is 6.12. The summed E-state index contributed by atoms with van der Waals surface area (Å²) in [4.78, 5) is 0. The summed E-state index contributed by atoms with van der Waals surface area (Å²) in [5.74, 6) is 0. The molecule has 1 aliphatic carbocycles. The summed E-state index contributed by atoms with van der Waals surface area (Å²) in [6.07, 6.45) is 4.63. The lowest BCUT2D eigenvalue weighted by Crippen LogP contribution is -1.90. The van der Waals surface area contributed by atoms with Crippen molar-refractivity contribution in [3.63, 3.8) is 0 Å². The molecule has 23 heavy (non-hydrogen) atoms. The van der Waals surface area contributed by atoms with Crippen LogP contribution in [0.25, 0.3) is 28.3 Å². The van der Waals surface area contributed by atoms with E-state index >= 15 is 0 Å². The molecule has 0 aliphatic heterocycles. The van der Waals surface area contributed by atoms with Crippen LogP contribution < -0.4 is 0 Å². The van der Waals surface area contributed by atoms with Crippen LogP contribution in [0.1, 0.15) is 24.5 Å². The first-order valence-electron chi connectivity index (χ1n) is 8.33. The van der Waals surface area contributed by atoms with Crippen molar-refractivity contribution in [2.45, 2.75) is 19.8 Å². The normalized spacial score (nSPS) is 12.8. The van der Waals surface area contributed by atoms with Gasteiger partial charge in [0.2, 0.25) is 0 Å². The van der Waals surface area contributed by atoms with E-state index < -0.39 is 0 Å². The van der Waals surface area contributed by atoms with E-state index in [1.54, 1.807) is 0 Å². The Hall–Kier alpha value is -2.60. The lowest BCUT2D eigenvalue weighted by Gasteiger charge is -2.13. The number of allylic oxidation sites excluding steroid dienone is 1. The van der Waals surface area contributed by atoms with Crippen LogP contribution in [0.15, 0.2) is 78.4 Å². The van der Waals surface area contributed by atoms with E-state index in [1.807, 2.05) is 0 Å². The first kappa shape index (κ1) is 14.0. The summed E-state index contributed by atoms with van der Waals surface area (Å²) < 4.78 is 0. The maximum Gasteiger partial charge on any atom is -0.00577 e. The molecule has 0 radical (unpaired) electrons. The van der Waals surface area contributed by atoms with Gasteiger partial charge in [-0.15, -0.1) is 0 Å². The van der Waals surface area contributed by atoms with E-state index in [0.717, 1.165) is 12.8 Å². The Labute approximate surface area is 138 Å². The van der Waals surface area contributed by atoms with Crippen LogP contribution >= 0.6 is 0 Å². The molecule has 0 spiro atoms. The first-order valence-corrected chi connectivity index (χ1v) is 8.33. The van der Waals surface area contributed by atoms with Crippen LogP contribution in [0.2, 0.25) is 0 Å². The fourth-order valence-electron chi connectivity index (χ4n) is 3.49. The summed E-state index contributed by atoms with van der Waals surface area (Å²) in [6.45, 7) is 2.25. The van der Waals surface area contributed by atoms with Gasteiger partial charge in [0.15, 0.2) is 0 Å². The standard InChI is InChI=1S/C23H20/c1-2-17-15-19-11-8-14-22(23(19)16-17)21-13-7-6-12-20(21)18-9-4-3-5-10-18/h3-14,16H,2,15H2,1H3. The minimum Gasteiger partial charge on any atom is -0.0655 e. The third-order valence-corrected chi connectivity index (χ3v) is 4.72. The van der Waals surface area contributed by atoms with Gasteiger partial charge in [-0.1, -0.05) is 91.4 Å². The highest BCUT2D eigenvalue weighted by molar-refractivity contribution is 5.89. The van der Waals surface area contributed by atoms with Crippen LogP contribution in [0.4, 0.5) is 0 Å². The van der Waals surface area contributed by atoms with Gasteiger partial charge >= 0.3 is 0 Å². The number of hydrogen-bond donors (Lipinski definition) is 0. The molecule has 0 saturated heterocycles. The van der Waals surface area contributed by atoms with Crippen molar-refractivity contribution in [3.05, 3.63) is 89.5 Å². The molecule has 4 rings (SSSR count). The molecule has 0 heterocycles. The largest absolute Gasteiger partial charge is 0.0655 e. The molecule has 0 fully saturated rings. The summed E-state index contributed by atoms with van der Waals surface area (Å²) in [6, 6.07) is 26.1. The van der Waals surface area contributed by atoms with Gasteiger partial charge in [0, 0.05) is 0 Å². The molecule has 1 aliphatic rings. The minimum atomic E-state index is 1.10. The van der Waals surface area contributed by atoms with Crippen LogP contribution in [-0.4, -0.2) is 0 Å². The van der Waals surface area contributed by atoms with Gasteiger partial charge in [-0.05, 0) is 46.2 Å². The van der Waals surface area contributed by atoms with E-state index in [2.05, 4.69) is 85.8 Å². The maximum absolute atomic E-state index is 2.40. The second kappa shape index (κ2) is 5.89. The number of rotatable bonds is 3. The van der Waals surface area contributed by atoms with Crippen molar-refractivity contribution in [3.8, 4) is 22.3 Å². The molecule has 0 N–H and O–H groups in total. The zero-order valence-electron chi connectivity index (χ0n) is 13.4. The molecule has 0 nitrogen and oxygen atoms in total. The van der Waals surface area contributed by atoms with E-state index in [0.29, 0.717) is 0 Å².